The fourth-order valence-electron chi connectivity index (χ4n) is 4.26. The van der Waals surface area contributed by atoms with Gasteiger partial charge in [-0.05, 0) is 73.3 Å². The molecule has 2 aromatic rings. The van der Waals surface area contributed by atoms with E-state index >= 15 is 0 Å². The number of fused-ring (bicyclic) bond motifs is 2. The van der Waals surface area contributed by atoms with Crippen molar-refractivity contribution in [2.45, 2.75) is 18.8 Å². The van der Waals surface area contributed by atoms with Gasteiger partial charge in [0.05, 0.1) is 7.11 Å². The van der Waals surface area contributed by atoms with Crippen LogP contribution in [0.2, 0.25) is 0 Å². The number of piperidine rings is 1. The third-order valence-corrected chi connectivity index (χ3v) is 5.64. The van der Waals surface area contributed by atoms with Crippen LogP contribution in [0.15, 0.2) is 42.5 Å². The zero-order valence-corrected chi connectivity index (χ0v) is 14.5. The van der Waals surface area contributed by atoms with Gasteiger partial charge in [-0.25, -0.2) is 0 Å². The summed E-state index contributed by atoms with van der Waals surface area (Å²) in [7, 11) is 3.99. The van der Waals surface area contributed by atoms with Crippen LogP contribution >= 0.6 is 0 Å². The molecule has 0 N–H and O–H groups in total. The van der Waals surface area contributed by atoms with Crippen LogP contribution in [0, 0.1) is 5.92 Å². The molecule has 1 fully saturated rings. The predicted octanol–water partition coefficient (Wildman–Crippen LogP) is 4.65. The molecular weight excluding hydrogens is 294 g/mol. The fourth-order valence-corrected chi connectivity index (χ4v) is 4.26. The van der Waals surface area contributed by atoms with E-state index in [4.69, 9.17) is 4.74 Å². The first kappa shape index (κ1) is 15.5. The first-order chi connectivity index (χ1) is 11.8. The molecule has 124 valence electrons. The van der Waals surface area contributed by atoms with Crippen molar-refractivity contribution in [1.29, 1.82) is 0 Å². The lowest BCUT2D eigenvalue weighted by Crippen LogP contribution is -2.33. The highest BCUT2D eigenvalue weighted by molar-refractivity contribution is 5.77. The summed E-state index contributed by atoms with van der Waals surface area (Å²) in [6.45, 7) is 2.38. The van der Waals surface area contributed by atoms with Crippen molar-refractivity contribution in [2.24, 2.45) is 5.92 Å². The molecular formula is C22H25NO. The van der Waals surface area contributed by atoms with Crippen molar-refractivity contribution in [1.82, 2.24) is 4.90 Å². The standard InChI is InChI=1S/C22H25NO/c1-23-13-11-18(12-14-23)22-20-6-4-3-5-16(20)7-8-17-9-10-19(24-2)15-21(17)22/h3-10,15,18,22H,11-14H2,1-2H3. The van der Waals surface area contributed by atoms with Gasteiger partial charge in [0, 0.05) is 5.92 Å². The Morgan fingerprint density at radius 2 is 1.62 bits per heavy atom. The molecule has 2 nitrogen and oxygen atoms in total. The van der Waals surface area contributed by atoms with E-state index < -0.39 is 0 Å². The molecule has 0 aromatic heterocycles. The molecule has 2 aliphatic rings. The van der Waals surface area contributed by atoms with Gasteiger partial charge in [0.2, 0.25) is 0 Å². The van der Waals surface area contributed by atoms with Gasteiger partial charge in [0.1, 0.15) is 5.75 Å². The van der Waals surface area contributed by atoms with Crippen molar-refractivity contribution in [2.75, 3.05) is 27.2 Å². The highest BCUT2D eigenvalue weighted by Crippen LogP contribution is 2.43. The van der Waals surface area contributed by atoms with E-state index in [2.05, 4.69) is 66.6 Å². The number of hydrogen-bond donors (Lipinski definition) is 0. The van der Waals surface area contributed by atoms with Gasteiger partial charge in [-0.3, -0.25) is 0 Å². The average molecular weight is 319 g/mol. The van der Waals surface area contributed by atoms with Crippen LogP contribution in [0.4, 0.5) is 0 Å². The average Bonchev–Trinajstić information content (AvgIpc) is 2.79. The first-order valence-electron chi connectivity index (χ1n) is 8.90. The normalized spacial score (nSPS) is 21.0. The van der Waals surface area contributed by atoms with E-state index in [1.54, 1.807) is 7.11 Å². The van der Waals surface area contributed by atoms with Gasteiger partial charge in [-0.15, -0.1) is 0 Å². The van der Waals surface area contributed by atoms with Crippen molar-refractivity contribution in [3.8, 4) is 5.75 Å². The van der Waals surface area contributed by atoms with Crippen LogP contribution in [-0.2, 0) is 0 Å². The Labute approximate surface area is 144 Å². The second kappa shape index (κ2) is 6.45. The molecule has 2 aromatic carbocycles. The molecule has 1 unspecified atom stereocenters. The largest absolute Gasteiger partial charge is 0.497 e. The lowest BCUT2D eigenvalue weighted by Gasteiger charge is -2.35. The van der Waals surface area contributed by atoms with E-state index in [9.17, 15) is 0 Å². The van der Waals surface area contributed by atoms with Gasteiger partial charge < -0.3 is 9.64 Å². The lowest BCUT2D eigenvalue weighted by atomic mass is 9.74. The minimum absolute atomic E-state index is 0.454. The molecule has 0 saturated carbocycles. The second-order valence-electron chi connectivity index (χ2n) is 7.08. The van der Waals surface area contributed by atoms with E-state index in [1.165, 1.54) is 48.2 Å². The minimum atomic E-state index is 0.454. The maximum atomic E-state index is 5.53. The smallest absolute Gasteiger partial charge is 0.119 e. The Morgan fingerprint density at radius 1 is 0.917 bits per heavy atom. The molecule has 4 rings (SSSR count). The summed E-state index contributed by atoms with van der Waals surface area (Å²) in [5.74, 6) is 2.10. The fraction of sp³-hybridized carbons (Fsp3) is 0.364. The van der Waals surface area contributed by atoms with E-state index in [0.717, 1.165) is 5.75 Å². The molecule has 0 radical (unpaired) electrons. The first-order valence-corrected chi connectivity index (χ1v) is 8.90. The maximum absolute atomic E-state index is 5.53. The van der Waals surface area contributed by atoms with Crippen LogP contribution < -0.4 is 4.74 Å². The quantitative estimate of drug-likeness (QED) is 0.799. The molecule has 1 aliphatic heterocycles. The SMILES string of the molecule is COc1ccc2c(c1)C(C1CCN(C)CC1)c1ccccc1C=C2. The van der Waals surface area contributed by atoms with E-state index in [0.29, 0.717) is 11.8 Å². The number of ether oxygens (including phenoxy) is 1. The number of hydrogen-bond acceptors (Lipinski definition) is 2. The Balaban J connectivity index is 1.85. The molecule has 1 saturated heterocycles. The Morgan fingerprint density at radius 3 is 2.38 bits per heavy atom. The monoisotopic (exact) mass is 319 g/mol. The Hall–Kier alpha value is -2.06. The molecule has 2 heteroatoms. The topological polar surface area (TPSA) is 12.5 Å². The summed E-state index contributed by atoms with van der Waals surface area (Å²) >= 11 is 0. The van der Waals surface area contributed by atoms with Crippen molar-refractivity contribution >= 4 is 12.2 Å². The third kappa shape index (κ3) is 2.76. The molecule has 1 atom stereocenters. The summed E-state index contributed by atoms with van der Waals surface area (Å²) < 4.78 is 5.53. The Kier molecular flexibility index (Phi) is 4.15. The highest BCUT2D eigenvalue weighted by Gasteiger charge is 2.31. The van der Waals surface area contributed by atoms with Gasteiger partial charge >= 0.3 is 0 Å². The lowest BCUT2D eigenvalue weighted by molar-refractivity contribution is 0.207. The summed E-state index contributed by atoms with van der Waals surface area (Å²) in [5.41, 5.74) is 5.58. The van der Waals surface area contributed by atoms with Crippen LogP contribution in [-0.4, -0.2) is 32.1 Å². The Bertz CT molecular complexity index is 756. The highest BCUT2D eigenvalue weighted by atomic mass is 16.5. The zero-order valence-electron chi connectivity index (χ0n) is 14.5. The van der Waals surface area contributed by atoms with Crippen molar-refractivity contribution in [3.05, 3.63) is 64.7 Å². The van der Waals surface area contributed by atoms with Crippen LogP contribution in [0.1, 0.15) is 41.0 Å². The summed E-state index contributed by atoms with van der Waals surface area (Å²) in [6, 6.07) is 15.4. The minimum Gasteiger partial charge on any atom is -0.497 e. The van der Waals surface area contributed by atoms with Crippen molar-refractivity contribution < 1.29 is 4.74 Å². The number of methoxy groups -OCH3 is 1. The second-order valence-corrected chi connectivity index (χ2v) is 7.08. The van der Waals surface area contributed by atoms with E-state index in [1.807, 2.05) is 0 Å². The number of rotatable bonds is 2. The molecule has 0 amide bonds. The molecule has 0 spiro atoms. The van der Waals surface area contributed by atoms with Gasteiger partial charge in [0.25, 0.3) is 0 Å². The number of benzene rings is 2. The van der Waals surface area contributed by atoms with Crippen LogP contribution in [0.3, 0.4) is 0 Å². The number of likely N-dealkylation sites (tertiary alicyclic amines) is 1. The third-order valence-electron chi connectivity index (χ3n) is 5.64. The summed E-state index contributed by atoms with van der Waals surface area (Å²) in [5, 5.41) is 0. The maximum Gasteiger partial charge on any atom is 0.119 e. The molecule has 1 heterocycles. The molecule has 24 heavy (non-hydrogen) atoms. The van der Waals surface area contributed by atoms with Crippen LogP contribution in [0.25, 0.3) is 12.2 Å². The summed E-state index contributed by atoms with van der Waals surface area (Å²) in [6.07, 6.45) is 7.05. The van der Waals surface area contributed by atoms with Gasteiger partial charge in [-0.1, -0.05) is 42.5 Å². The zero-order chi connectivity index (χ0) is 16.5. The number of nitrogens with zero attached hydrogens (tertiary/aromatic N) is 1. The molecule has 0 bridgehead atoms. The summed E-state index contributed by atoms with van der Waals surface area (Å²) in [4.78, 5) is 2.45. The predicted molar refractivity (Wildman–Crippen MR) is 100 cm³/mol. The van der Waals surface area contributed by atoms with Crippen molar-refractivity contribution in [3.63, 3.8) is 0 Å². The van der Waals surface area contributed by atoms with Gasteiger partial charge in [0.15, 0.2) is 0 Å². The van der Waals surface area contributed by atoms with Crippen LogP contribution in [0.5, 0.6) is 5.75 Å². The van der Waals surface area contributed by atoms with E-state index in [-0.39, 0.29) is 0 Å². The molecule has 1 aliphatic carbocycles. The van der Waals surface area contributed by atoms with Gasteiger partial charge in [-0.2, -0.15) is 0 Å².